The van der Waals surface area contributed by atoms with Gasteiger partial charge in [0.05, 0.1) is 19.2 Å². The van der Waals surface area contributed by atoms with Gasteiger partial charge in [-0.2, -0.15) is 4.98 Å². The van der Waals surface area contributed by atoms with E-state index in [4.69, 9.17) is 29.7 Å². The first kappa shape index (κ1) is 21.4. The highest BCUT2D eigenvalue weighted by molar-refractivity contribution is 6.30. The molecule has 0 saturated carbocycles. The van der Waals surface area contributed by atoms with Gasteiger partial charge in [0.2, 0.25) is 11.7 Å². The molecular formula is C22H18ClN3O6. The zero-order valence-electron chi connectivity index (χ0n) is 16.7. The average molecular weight is 456 g/mol. The summed E-state index contributed by atoms with van der Waals surface area (Å²) in [6, 6.07) is 14.2. The molecule has 10 heteroatoms. The number of ether oxygens (including phenoxy) is 1. The van der Waals surface area contributed by atoms with E-state index in [-0.39, 0.29) is 25.3 Å². The van der Waals surface area contributed by atoms with Crippen LogP contribution in [0.3, 0.4) is 0 Å². The van der Waals surface area contributed by atoms with E-state index in [1.165, 1.54) is 6.26 Å². The highest BCUT2D eigenvalue weighted by atomic mass is 35.5. The van der Waals surface area contributed by atoms with E-state index >= 15 is 0 Å². The maximum absolute atomic E-state index is 11.9. The molecule has 0 aliphatic rings. The van der Waals surface area contributed by atoms with Gasteiger partial charge in [0.15, 0.2) is 12.4 Å². The molecule has 1 N–H and O–H groups in total. The van der Waals surface area contributed by atoms with Crippen LogP contribution in [-0.2, 0) is 27.3 Å². The minimum Gasteiger partial charge on any atom is -0.461 e. The topological polar surface area (TPSA) is 121 Å². The Labute approximate surface area is 187 Å². The van der Waals surface area contributed by atoms with E-state index < -0.39 is 18.5 Å². The van der Waals surface area contributed by atoms with Crippen LogP contribution in [0.4, 0.5) is 0 Å². The summed E-state index contributed by atoms with van der Waals surface area (Å²) < 4.78 is 20.9. The van der Waals surface area contributed by atoms with Gasteiger partial charge in [0.25, 0.3) is 5.91 Å². The average Bonchev–Trinajstić information content (AvgIpc) is 3.56. The first-order chi connectivity index (χ1) is 15.6. The molecule has 0 saturated heterocycles. The minimum atomic E-state index is -0.555. The lowest BCUT2D eigenvalue weighted by atomic mass is 10.2. The van der Waals surface area contributed by atoms with E-state index in [0.29, 0.717) is 28.1 Å². The van der Waals surface area contributed by atoms with Crippen molar-refractivity contribution in [1.82, 2.24) is 15.5 Å². The molecule has 32 heavy (non-hydrogen) atoms. The molecule has 1 aromatic carbocycles. The number of hydrogen-bond donors (Lipinski definition) is 1. The van der Waals surface area contributed by atoms with Gasteiger partial charge in [0, 0.05) is 17.0 Å². The zero-order chi connectivity index (χ0) is 22.3. The maximum atomic E-state index is 11.9. The van der Waals surface area contributed by atoms with Gasteiger partial charge >= 0.3 is 5.97 Å². The van der Waals surface area contributed by atoms with Crippen molar-refractivity contribution in [3.8, 4) is 22.9 Å². The number of carbonyl (C=O) groups excluding carboxylic acids is 2. The SMILES string of the molecule is O=C(COC(=O)CCc1nc(-c2ccco2)no1)NCc1ccc(-c2ccc(Cl)cc2)o1. The first-order valence-corrected chi connectivity index (χ1v) is 10.1. The number of nitrogens with zero attached hydrogens (tertiary/aromatic N) is 2. The van der Waals surface area contributed by atoms with Gasteiger partial charge in [-0.25, -0.2) is 0 Å². The third kappa shape index (κ3) is 5.64. The summed E-state index contributed by atoms with van der Waals surface area (Å²) in [6.07, 6.45) is 1.68. The molecule has 0 bridgehead atoms. The monoisotopic (exact) mass is 455 g/mol. The van der Waals surface area contributed by atoms with Crippen LogP contribution < -0.4 is 5.32 Å². The van der Waals surface area contributed by atoms with Crippen molar-refractivity contribution in [2.24, 2.45) is 0 Å². The summed E-state index contributed by atoms with van der Waals surface area (Å²) in [5, 5.41) is 7.05. The van der Waals surface area contributed by atoms with E-state index in [0.717, 1.165) is 5.56 Å². The van der Waals surface area contributed by atoms with Gasteiger partial charge in [-0.05, 0) is 48.5 Å². The smallest absolute Gasteiger partial charge is 0.306 e. The van der Waals surface area contributed by atoms with Gasteiger partial charge in [0.1, 0.15) is 11.5 Å². The van der Waals surface area contributed by atoms with Crippen molar-refractivity contribution in [3.63, 3.8) is 0 Å². The molecular weight excluding hydrogens is 438 g/mol. The molecule has 3 aromatic heterocycles. The Morgan fingerprint density at radius 1 is 1.06 bits per heavy atom. The van der Waals surface area contributed by atoms with Crippen LogP contribution in [0.15, 0.2) is 68.2 Å². The molecule has 0 spiro atoms. The lowest BCUT2D eigenvalue weighted by molar-refractivity contribution is -0.148. The van der Waals surface area contributed by atoms with Crippen molar-refractivity contribution in [1.29, 1.82) is 0 Å². The van der Waals surface area contributed by atoms with Crippen LogP contribution in [0.5, 0.6) is 0 Å². The van der Waals surface area contributed by atoms with Crippen LogP contribution in [-0.4, -0.2) is 28.6 Å². The number of hydrogen-bond acceptors (Lipinski definition) is 8. The van der Waals surface area contributed by atoms with Crippen molar-refractivity contribution in [2.75, 3.05) is 6.61 Å². The van der Waals surface area contributed by atoms with Gasteiger partial charge in [-0.1, -0.05) is 16.8 Å². The highest BCUT2D eigenvalue weighted by Crippen LogP contribution is 2.23. The van der Waals surface area contributed by atoms with E-state index in [2.05, 4.69) is 15.5 Å². The summed E-state index contributed by atoms with van der Waals surface area (Å²) in [6.45, 7) is -0.230. The van der Waals surface area contributed by atoms with Crippen LogP contribution in [0.2, 0.25) is 5.02 Å². The predicted molar refractivity (Wildman–Crippen MR) is 112 cm³/mol. The van der Waals surface area contributed by atoms with Crippen molar-refractivity contribution in [3.05, 3.63) is 71.5 Å². The number of furan rings is 2. The Hall–Kier alpha value is -3.85. The number of aromatic nitrogens is 2. The molecule has 1 amide bonds. The summed E-state index contributed by atoms with van der Waals surface area (Å²) in [5.41, 5.74) is 0.874. The fourth-order valence-corrected chi connectivity index (χ4v) is 2.89. The number of rotatable bonds is 9. The van der Waals surface area contributed by atoms with Crippen LogP contribution in [0, 0.1) is 0 Å². The van der Waals surface area contributed by atoms with Gasteiger partial charge in [-0.3, -0.25) is 9.59 Å². The second-order valence-corrected chi connectivity index (χ2v) is 7.14. The summed E-state index contributed by atoms with van der Waals surface area (Å²) in [5.74, 6) is 1.27. The second kappa shape index (κ2) is 9.97. The Morgan fingerprint density at radius 3 is 2.69 bits per heavy atom. The van der Waals surface area contributed by atoms with Crippen LogP contribution >= 0.6 is 11.6 Å². The van der Waals surface area contributed by atoms with Crippen molar-refractivity contribution < 1.29 is 27.7 Å². The fourth-order valence-electron chi connectivity index (χ4n) is 2.77. The lowest BCUT2D eigenvalue weighted by Gasteiger charge is -2.05. The Kier molecular flexibility index (Phi) is 6.66. The highest BCUT2D eigenvalue weighted by Gasteiger charge is 2.14. The predicted octanol–water partition coefficient (Wildman–Crippen LogP) is 4.04. The van der Waals surface area contributed by atoms with Gasteiger partial charge in [-0.15, -0.1) is 0 Å². The standard InChI is InChI=1S/C22H18ClN3O6/c23-15-5-3-14(4-6-15)17-8-7-16(31-17)12-24-19(27)13-30-21(28)10-9-20-25-22(26-32-20)18-2-1-11-29-18/h1-8,11H,9-10,12-13H2,(H,24,27). The normalized spacial score (nSPS) is 10.8. The molecule has 4 rings (SSSR count). The third-order valence-electron chi connectivity index (χ3n) is 4.37. The van der Waals surface area contributed by atoms with Gasteiger partial charge < -0.3 is 23.4 Å². The number of esters is 1. The number of amides is 1. The Morgan fingerprint density at radius 2 is 1.91 bits per heavy atom. The molecule has 3 heterocycles. The van der Waals surface area contributed by atoms with Crippen molar-refractivity contribution >= 4 is 23.5 Å². The third-order valence-corrected chi connectivity index (χ3v) is 4.62. The molecule has 4 aromatic rings. The summed E-state index contributed by atoms with van der Waals surface area (Å²) >= 11 is 5.88. The molecule has 9 nitrogen and oxygen atoms in total. The van der Waals surface area contributed by atoms with E-state index in [9.17, 15) is 9.59 Å². The first-order valence-electron chi connectivity index (χ1n) is 9.70. The molecule has 0 aliphatic heterocycles. The zero-order valence-corrected chi connectivity index (χ0v) is 17.5. The summed E-state index contributed by atoms with van der Waals surface area (Å²) in [7, 11) is 0. The lowest BCUT2D eigenvalue weighted by Crippen LogP contribution is -2.28. The quantitative estimate of drug-likeness (QED) is 0.375. The molecule has 0 aliphatic carbocycles. The fraction of sp³-hybridized carbons (Fsp3) is 0.182. The number of benzene rings is 1. The largest absolute Gasteiger partial charge is 0.461 e. The van der Waals surface area contributed by atoms with E-state index in [1.807, 2.05) is 12.1 Å². The van der Waals surface area contributed by atoms with Crippen LogP contribution in [0.1, 0.15) is 18.1 Å². The van der Waals surface area contributed by atoms with Crippen molar-refractivity contribution in [2.45, 2.75) is 19.4 Å². The molecule has 164 valence electrons. The number of carbonyl (C=O) groups is 2. The van der Waals surface area contributed by atoms with Crippen LogP contribution in [0.25, 0.3) is 22.9 Å². The molecule has 0 unspecified atom stereocenters. The molecule has 0 radical (unpaired) electrons. The minimum absolute atomic E-state index is 0.00426. The number of nitrogens with one attached hydrogen (secondary N) is 1. The second-order valence-electron chi connectivity index (χ2n) is 6.70. The number of aryl methyl sites for hydroxylation is 1. The maximum Gasteiger partial charge on any atom is 0.306 e. The Bertz CT molecular complexity index is 1180. The summed E-state index contributed by atoms with van der Waals surface area (Å²) in [4.78, 5) is 28.0. The molecule has 0 atom stereocenters. The molecule has 0 fully saturated rings. The Balaban J connectivity index is 1.17. The number of halogens is 1. The van der Waals surface area contributed by atoms with E-state index in [1.54, 1.807) is 36.4 Å².